The van der Waals surface area contributed by atoms with E-state index in [4.69, 9.17) is 9.47 Å². The van der Waals surface area contributed by atoms with Gasteiger partial charge in [0.2, 0.25) is 0 Å². The third-order valence-electron chi connectivity index (χ3n) is 3.78. The average Bonchev–Trinajstić information content (AvgIpc) is 2.68. The van der Waals surface area contributed by atoms with Crippen molar-refractivity contribution in [1.29, 1.82) is 0 Å². The van der Waals surface area contributed by atoms with Gasteiger partial charge >= 0.3 is 0 Å². The first-order chi connectivity index (χ1) is 12.7. The fourth-order valence-electron chi connectivity index (χ4n) is 2.37. The molecule has 0 saturated heterocycles. The number of benzene rings is 3. The number of halogens is 1. The summed E-state index contributed by atoms with van der Waals surface area (Å²) in [6.07, 6.45) is 0. The number of hydrogen-bond donors (Lipinski definition) is 1. The summed E-state index contributed by atoms with van der Waals surface area (Å²) in [5.74, 6) is 1.24. The fraction of sp³-hybridized carbons (Fsp3) is 0.0952. The van der Waals surface area contributed by atoms with E-state index in [0.29, 0.717) is 23.6 Å². The third kappa shape index (κ3) is 4.64. The summed E-state index contributed by atoms with van der Waals surface area (Å²) in [4.78, 5) is 12.4. The van der Waals surface area contributed by atoms with E-state index in [9.17, 15) is 4.79 Å². The quantitative estimate of drug-likeness (QED) is 0.599. The summed E-state index contributed by atoms with van der Waals surface area (Å²) in [5.41, 5.74) is 2.33. The molecule has 3 aromatic carbocycles. The van der Waals surface area contributed by atoms with Crippen molar-refractivity contribution in [2.24, 2.45) is 0 Å². The van der Waals surface area contributed by atoms with Crippen LogP contribution in [0.3, 0.4) is 0 Å². The number of rotatable bonds is 6. The van der Waals surface area contributed by atoms with Gasteiger partial charge in [0.1, 0.15) is 18.1 Å². The zero-order valence-corrected chi connectivity index (χ0v) is 15.8. The standard InChI is InChI=1S/C21H18BrNO3/c1-25-18-10-8-17(9-11-18)23-21(24)16-7-12-20(19(22)13-16)26-14-15-5-3-2-4-6-15/h2-13H,14H2,1H3,(H,23,24). The third-order valence-corrected chi connectivity index (χ3v) is 4.40. The molecular weight excluding hydrogens is 394 g/mol. The zero-order valence-electron chi connectivity index (χ0n) is 14.2. The summed E-state index contributed by atoms with van der Waals surface area (Å²) in [6.45, 7) is 0.469. The highest BCUT2D eigenvalue weighted by molar-refractivity contribution is 9.10. The van der Waals surface area contributed by atoms with Crippen molar-refractivity contribution in [3.63, 3.8) is 0 Å². The first kappa shape index (κ1) is 18.0. The summed E-state index contributed by atoms with van der Waals surface area (Å²) in [5, 5.41) is 2.86. The molecule has 3 aromatic rings. The maximum absolute atomic E-state index is 12.4. The van der Waals surface area contributed by atoms with Crippen molar-refractivity contribution in [1.82, 2.24) is 0 Å². The molecule has 0 spiro atoms. The minimum atomic E-state index is -0.189. The number of carbonyl (C=O) groups excluding carboxylic acids is 1. The van der Waals surface area contributed by atoms with E-state index in [1.807, 2.05) is 30.3 Å². The van der Waals surface area contributed by atoms with E-state index in [0.717, 1.165) is 15.8 Å². The van der Waals surface area contributed by atoms with E-state index < -0.39 is 0 Å². The van der Waals surface area contributed by atoms with Gasteiger partial charge in [-0.15, -0.1) is 0 Å². The number of amides is 1. The first-order valence-corrected chi connectivity index (χ1v) is 8.86. The van der Waals surface area contributed by atoms with Crippen LogP contribution in [0.1, 0.15) is 15.9 Å². The molecule has 0 aliphatic heterocycles. The predicted octanol–water partition coefficient (Wildman–Crippen LogP) is 5.29. The van der Waals surface area contributed by atoms with Crippen LogP contribution in [0.4, 0.5) is 5.69 Å². The number of methoxy groups -OCH3 is 1. The molecule has 0 unspecified atom stereocenters. The van der Waals surface area contributed by atoms with Crippen molar-refractivity contribution in [3.8, 4) is 11.5 Å². The highest BCUT2D eigenvalue weighted by Gasteiger charge is 2.10. The maximum atomic E-state index is 12.4. The van der Waals surface area contributed by atoms with Crippen LogP contribution in [0.25, 0.3) is 0 Å². The lowest BCUT2D eigenvalue weighted by Gasteiger charge is -2.10. The Labute approximate surface area is 160 Å². The van der Waals surface area contributed by atoms with Gasteiger partial charge in [0, 0.05) is 11.3 Å². The van der Waals surface area contributed by atoms with Crippen LogP contribution in [-0.2, 0) is 6.61 Å². The second kappa shape index (κ2) is 8.54. The number of nitrogens with one attached hydrogen (secondary N) is 1. The van der Waals surface area contributed by atoms with Crippen molar-refractivity contribution < 1.29 is 14.3 Å². The Balaban J connectivity index is 1.65. The molecule has 1 amide bonds. The normalized spacial score (nSPS) is 10.2. The molecule has 0 saturated carbocycles. The molecule has 3 rings (SSSR count). The van der Waals surface area contributed by atoms with Gasteiger partial charge in [0.05, 0.1) is 11.6 Å². The van der Waals surface area contributed by atoms with Crippen LogP contribution in [0.2, 0.25) is 0 Å². The molecule has 0 aliphatic rings. The monoisotopic (exact) mass is 411 g/mol. The first-order valence-electron chi connectivity index (χ1n) is 8.07. The topological polar surface area (TPSA) is 47.6 Å². The van der Waals surface area contributed by atoms with Crippen molar-refractivity contribution in [2.45, 2.75) is 6.61 Å². The van der Waals surface area contributed by atoms with Gasteiger partial charge in [-0.25, -0.2) is 0 Å². The Kier molecular flexibility index (Phi) is 5.92. The lowest BCUT2D eigenvalue weighted by atomic mass is 10.2. The molecule has 4 nitrogen and oxygen atoms in total. The Bertz CT molecular complexity index is 880. The van der Waals surface area contributed by atoms with E-state index >= 15 is 0 Å². The summed E-state index contributed by atoms with van der Waals surface area (Å²) in [7, 11) is 1.60. The molecule has 0 fully saturated rings. The minimum Gasteiger partial charge on any atom is -0.497 e. The number of carbonyl (C=O) groups is 1. The van der Waals surface area contributed by atoms with Crippen LogP contribution in [-0.4, -0.2) is 13.0 Å². The van der Waals surface area contributed by atoms with Crippen molar-refractivity contribution >= 4 is 27.5 Å². The molecule has 0 aromatic heterocycles. The highest BCUT2D eigenvalue weighted by Crippen LogP contribution is 2.27. The predicted molar refractivity (Wildman–Crippen MR) is 106 cm³/mol. The molecule has 0 bridgehead atoms. The van der Waals surface area contributed by atoms with E-state index in [-0.39, 0.29) is 5.91 Å². The van der Waals surface area contributed by atoms with Gasteiger partial charge in [-0.2, -0.15) is 0 Å². The van der Waals surface area contributed by atoms with Crippen LogP contribution >= 0.6 is 15.9 Å². The fourth-order valence-corrected chi connectivity index (χ4v) is 2.87. The van der Waals surface area contributed by atoms with Crippen LogP contribution in [0.5, 0.6) is 11.5 Å². The lowest BCUT2D eigenvalue weighted by molar-refractivity contribution is 0.102. The molecule has 1 N–H and O–H groups in total. The summed E-state index contributed by atoms with van der Waals surface area (Å²) < 4.78 is 11.7. The Morgan fingerprint density at radius 2 is 1.73 bits per heavy atom. The van der Waals surface area contributed by atoms with Crippen LogP contribution in [0, 0.1) is 0 Å². The smallest absolute Gasteiger partial charge is 0.255 e. The molecule has 0 radical (unpaired) electrons. The van der Waals surface area contributed by atoms with Crippen molar-refractivity contribution in [2.75, 3.05) is 12.4 Å². The molecule has 132 valence electrons. The van der Waals surface area contributed by atoms with Gasteiger partial charge in [0.25, 0.3) is 5.91 Å². The molecular formula is C21H18BrNO3. The minimum absolute atomic E-state index is 0.189. The number of ether oxygens (including phenoxy) is 2. The SMILES string of the molecule is COc1ccc(NC(=O)c2ccc(OCc3ccccc3)c(Br)c2)cc1. The van der Waals surface area contributed by atoms with E-state index in [2.05, 4.69) is 21.2 Å². The molecule has 0 atom stereocenters. The van der Waals surface area contributed by atoms with Gasteiger partial charge in [0.15, 0.2) is 0 Å². The van der Waals surface area contributed by atoms with E-state index in [1.165, 1.54) is 0 Å². The van der Waals surface area contributed by atoms with Gasteiger partial charge in [-0.05, 0) is 64.0 Å². The second-order valence-corrected chi connectivity index (χ2v) is 6.46. The van der Waals surface area contributed by atoms with Crippen LogP contribution < -0.4 is 14.8 Å². The molecule has 26 heavy (non-hydrogen) atoms. The zero-order chi connectivity index (χ0) is 18.4. The Hall–Kier alpha value is -2.79. The maximum Gasteiger partial charge on any atom is 0.255 e. The Morgan fingerprint density at radius 3 is 2.38 bits per heavy atom. The highest BCUT2D eigenvalue weighted by atomic mass is 79.9. The van der Waals surface area contributed by atoms with Gasteiger partial charge in [-0.1, -0.05) is 30.3 Å². The average molecular weight is 412 g/mol. The van der Waals surface area contributed by atoms with E-state index in [1.54, 1.807) is 49.6 Å². The number of anilines is 1. The largest absolute Gasteiger partial charge is 0.497 e. The lowest BCUT2D eigenvalue weighted by Crippen LogP contribution is -2.12. The molecule has 0 heterocycles. The number of hydrogen-bond acceptors (Lipinski definition) is 3. The Morgan fingerprint density at radius 1 is 1.00 bits per heavy atom. The van der Waals surface area contributed by atoms with Gasteiger partial charge < -0.3 is 14.8 Å². The summed E-state index contributed by atoms with van der Waals surface area (Å²) >= 11 is 3.47. The molecule has 5 heteroatoms. The second-order valence-electron chi connectivity index (χ2n) is 5.60. The summed E-state index contributed by atoms with van der Waals surface area (Å²) in [6, 6.07) is 22.4. The van der Waals surface area contributed by atoms with Crippen molar-refractivity contribution in [3.05, 3.63) is 88.4 Å². The van der Waals surface area contributed by atoms with Crippen LogP contribution in [0.15, 0.2) is 77.3 Å². The van der Waals surface area contributed by atoms with Gasteiger partial charge in [-0.3, -0.25) is 4.79 Å². The molecule has 0 aliphatic carbocycles.